The van der Waals surface area contributed by atoms with Crippen LogP contribution < -0.4 is 10.6 Å². The first-order valence-corrected chi connectivity index (χ1v) is 8.22. The standard InChI is InChI=1S/C16H17N7O3/c1-2-25-16(24)13-12(23(21-18-13)15-14(17)19-26-20-15)9-22-8-7-10-5-3-4-6-11(10)22/h3-6H,2,7-9H2,1H3,(H2,17,19). The topological polar surface area (TPSA) is 125 Å². The lowest BCUT2D eigenvalue weighted by molar-refractivity contribution is 0.0518. The summed E-state index contributed by atoms with van der Waals surface area (Å²) < 4.78 is 11.1. The number of rotatable bonds is 5. The molecule has 0 spiro atoms. The number of nitrogen functional groups attached to an aromatic ring is 1. The molecule has 1 aliphatic heterocycles. The average Bonchev–Trinajstić information content (AvgIpc) is 3.34. The van der Waals surface area contributed by atoms with Gasteiger partial charge in [-0.05, 0) is 35.3 Å². The van der Waals surface area contributed by atoms with E-state index in [9.17, 15) is 4.79 Å². The largest absolute Gasteiger partial charge is 0.461 e. The highest BCUT2D eigenvalue weighted by Crippen LogP contribution is 2.30. The van der Waals surface area contributed by atoms with E-state index in [4.69, 9.17) is 10.5 Å². The second-order valence-electron chi connectivity index (χ2n) is 5.79. The Kier molecular flexibility index (Phi) is 3.99. The molecule has 1 aromatic carbocycles. The maximum atomic E-state index is 12.3. The molecule has 0 bridgehead atoms. The summed E-state index contributed by atoms with van der Waals surface area (Å²) in [6.07, 6.45) is 0.931. The molecule has 1 aliphatic rings. The molecule has 10 heteroatoms. The van der Waals surface area contributed by atoms with Gasteiger partial charge < -0.3 is 15.4 Å². The molecule has 0 saturated heterocycles. The first kappa shape index (κ1) is 16.1. The van der Waals surface area contributed by atoms with Gasteiger partial charge in [0.2, 0.25) is 11.6 Å². The number of fused-ring (bicyclic) bond motifs is 1. The fourth-order valence-electron chi connectivity index (χ4n) is 3.06. The van der Waals surface area contributed by atoms with Gasteiger partial charge in [-0.2, -0.15) is 4.68 Å². The zero-order valence-electron chi connectivity index (χ0n) is 14.1. The maximum Gasteiger partial charge on any atom is 0.360 e. The zero-order valence-corrected chi connectivity index (χ0v) is 14.1. The van der Waals surface area contributed by atoms with Crippen molar-refractivity contribution in [1.29, 1.82) is 0 Å². The molecule has 10 nitrogen and oxygen atoms in total. The predicted octanol–water partition coefficient (Wildman–Crippen LogP) is 0.972. The highest BCUT2D eigenvalue weighted by Gasteiger charge is 2.28. The van der Waals surface area contributed by atoms with Crippen LogP contribution in [0.4, 0.5) is 11.5 Å². The van der Waals surface area contributed by atoms with Gasteiger partial charge >= 0.3 is 5.97 Å². The molecule has 26 heavy (non-hydrogen) atoms. The van der Waals surface area contributed by atoms with Crippen molar-refractivity contribution in [1.82, 2.24) is 25.3 Å². The quantitative estimate of drug-likeness (QED) is 0.666. The molecule has 4 rings (SSSR count). The molecule has 0 amide bonds. The third-order valence-electron chi connectivity index (χ3n) is 4.25. The highest BCUT2D eigenvalue weighted by molar-refractivity contribution is 5.88. The van der Waals surface area contributed by atoms with E-state index >= 15 is 0 Å². The molecule has 2 N–H and O–H groups in total. The van der Waals surface area contributed by atoms with Crippen molar-refractivity contribution in [3.05, 3.63) is 41.2 Å². The summed E-state index contributed by atoms with van der Waals surface area (Å²) in [4.78, 5) is 14.5. The molecule has 0 fully saturated rings. The average molecular weight is 355 g/mol. The fraction of sp³-hybridized carbons (Fsp3) is 0.312. The number of carbonyl (C=O) groups is 1. The van der Waals surface area contributed by atoms with Gasteiger partial charge in [-0.25, -0.2) is 9.42 Å². The molecule has 134 valence electrons. The van der Waals surface area contributed by atoms with Crippen molar-refractivity contribution in [2.75, 3.05) is 23.8 Å². The van der Waals surface area contributed by atoms with Gasteiger partial charge in [0.05, 0.1) is 13.2 Å². The van der Waals surface area contributed by atoms with E-state index in [2.05, 4.69) is 36.2 Å². The molecule has 2 aromatic heterocycles. The molecule has 3 aromatic rings. The normalized spacial score (nSPS) is 13.0. The summed E-state index contributed by atoms with van der Waals surface area (Å²) in [6.45, 7) is 3.19. The van der Waals surface area contributed by atoms with Crippen molar-refractivity contribution in [2.24, 2.45) is 0 Å². The Bertz CT molecular complexity index is 949. The molecular formula is C16H17N7O3. The number of nitrogens with zero attached hydrogens (tertiary/aromatic N) is 6. The number of benzene rings is 1. The molecular weight excluding hydrogens is 338 g/mol. The molecule has 0 aliphatic carbocycles. The van der Waals surface area contributed by atoms with Crippen LogP contribution in [0.15, 0.2) is 28.9 Å². The minimum absolute atomic E-state index is 0.0633. The van der Waals surface area contributed by atoms with Crippen molar-refractivity contribution in [3.63, 3.8) is 0 Å². The Morgan fingerprint density at radius 2 is 2.19 bits per heavy atom. The summed E-state index contributed by atoms with van der Waals surface area (Å²) in [5.74, 6) is -0.292. The Morgan fingerprint density at radius 3 is 2.96 bits per heavy atom. The number of para-hydroxylation sites is 1. The van der Waals surface area contributed by atoms with Crippen LogP contribution in [0.5, 0.6) is 0 Å². The molecule has 0 radical (unpaired) electrons. The number of hydrogen-bond donors (Lipinski definition) is 1. The maximum absolute atomic E-state index is 12.3. The van der Waals surface area contributed by atoms with Gasteiger partial charge in [0.1, 0.15) is 5.69 Å². The number of nitrogens with two attached hydrogens (primary N) is 1. The van der Waals surface area contributed by atoms with Gasteiger partial charge in [0, 0.05) is 12.2 Å². The van der Waals surface area contributed by atoms with E-state index in [0.717, 1.165) is 18.7 Å². The van der Waals surface area contributed by atoms with Crippen LogP contribution in [0.25, 0.3) is 5.82 Å². The van der Waals surface area contributed by atoms with E-state index in [1.54, 1.807) is 6.92 Å². The van der Waals surface area contributed by atoms with E-state index < -0.39 is 5.97 Å². The third-order valence-corrected chi connectivity index (χ3v) is 4.25. The van der Waals surface area contributed by atoms with Gasteiger partial charge in [0.25, 0.3) is 0 Å². The van der Waals surface area contributed by atoms with Crippen LogP contribution in [-0.2, 0) is 17.7 Å². The van der Waals surface area contributed by atoms with Crippen LogP contribution >= 0.6 is 0 Å². The zero-order chi connectivity index (χ0) is 18.1. The number of carbonyl (C=O) groups excluding carboxylic acids is 1. The van der Waals surface area contributed by atoms with Crippen LogP contribution in [0.3, 0.4) is 0 Å². The summed E-state index contributed by atoms with van der Waals surface area (Å²) >= 11 is 0. The van der Waals surface area contributed by atoms with Gasteiger partial charge in [0.15, 0.2) is 5.69 Å². The summed E-state index contributed by atoms with van der Waals surface area (Å²) in [5.41, 5.74) is 8.79. The van der Waals surface area contributed by atoms with Gasteiger partial charge in [-0.3, -0.25) is 0 Å². The monoisotopic (exact) mass is 355 g/mol. The SMILES string of the molecule is CCOC(=O)c1nnn(-c2nonc2N)c1CN1CCc2ccccc21. The summed E-state index contributed by atoms with van der Waals surface area (Å²) in [6, 6.07) is 8.14. The number of aromatic nitrogens is 5. The van der Waals surface area contributed by atoms with E-state index in [1.807, 2.05) is 18.2 Å². The Morgan fingerprint density at radius 1 is 1.35 bits per heavy atom. The molecule has 3 heterocycles. The Labute approximate surface area is 148 Å². The van der Waals surface area contributed by atoms with E-state index in [-0.39, 0.29) is 23.9 Å². The number of esters is 1. The Hall–Kier alpha value is -3.43. The Balaban J connectivity index is 1.75. The van der Waals surface area contributed by atoms with Gasteiger partial charge in [-0.15, -0.1) is 5.10 Å². The summed E-state index contributed by atoms with van der Waals surface area (Å²) in [5, 5.41) is 15.3. The van der Waals surface area contributed by atoms with E-state index in [1.165, 1.54) is 10.2 Å². The summed E-state index contributed by atoms with van der Waals surface area (Å²) in [7, 11) is 0. The second-order valence-corrected chi connectivity index (χ2v) is 5.79. The lowest BCUT2D eigenvalue weighted by Gasteiger charge is -2.19. The molecule has 0 atom stereocenters. The lowest BCUT2D eigenvalue weighted by Crippen LogP contribution is -2.24. The van der Waals surface area contributed by atoms with Crippen LogP contribution in [-0.4, -0.2) is 44.4 Å². The van der Waals surface area contributed by atoms with E-state index in [0.29, 0.717) is 12.2 Å². The molecule has 0 saturated carbocycles. The molecule has 0 unspecified atom stereocenters. The van der Waals surface area contributed by atoms with Crippen LogP contribution in [0.2, 0.25) is 0 Å². The van der Waals surface area contributed by atoms with Crippen LogP contribution in [0.1, 0.15) is 28.7 Å². The number of hydrogen-bond acceptors (Lipinski definition) is 9. The minimum Gasteiger partial charge on any atom is -0.461 e. The van der Waals surface area contributed by atoms with Crippen LogP contribution in [0, 0.1) is 0 Å². The smallest absolute Gasteiger partial charge is 0.360 e. The first-order chi connectivity index (χ1) is 12.7. The second kappa shape index (κ2) is 6.47. The van der Waals surface area contributed by atoms with Gasteiger partial charge in [-0.1, -0.05) is 23.4 Å². The lowest BCUT2D eigenvalue weighted by atomic mass is 10.2. The number of anilines is 2. The minimum atomic E-state index is -0.545. The fourth-order valence-corrected chi connectivity index (χ4v) is 3.06. The third kappa shape index (κ3) is 2.65. The van der Waals surface area contributed by atoms with Crippen molar-refractivity contribution >= 4 is 17.5 Å². The van der Waals surface area contributed by atoms with Crippen molar-refractivity contribution in [3.8, 4) is 5.82 Å². The first-order valence-electron chi connectivity index (χ1n) is 8.22. The van der Waals surface area contributed by atoms with Crippen molar-refractivity contribution < 1.29 is 14.2 Å². The predicted molar refractivity (Wildman–Crippen MR) is 90.8 cm³/mol. The number of ether oxygens (including phenoxy) is 1. The van der Waals surface area contributed by atoms with Crippen molar-refractivity contribution in [2.45, 2.75) is 19.9 Å². The highest BCUT2D eigenvalue weighted by atomic mass is 16.6.